The van der Waals surface area contributed by atoms with Crippen LogP contribution in [-0.2, 0) is 14.3 Å². The van der Waals surface area contributed by atoms with Crippen molar-refractivity contribution < 1.29 is 19.4 Å². The number of aliphatic carboxylic acids is 1. The predicted octanol–water partition coefficient (Wildman–Crippen LogP) is 1.90. The number of rotatable bonds is 11. The van der Waals surface area contributed by atoms with E-state index in [1.807, 2.05) is 0 Å². The van der Waals surface area contributed by atoms with Crippen LogP contribution in [0.25, 0.3) is 0 Å². The van der Waals surface area contributed by atoms with Gasteiger partial charge in [-0.1, -0.05) is 19.8 Å². The molecule has 6 heteroatoms. The van der Waals surface area contributed by atoms with Crippen molar-refractivity contribution in [3.8, 4) is 0 Å². The summed E-state index contributed by atoms with van der Waals surface area (Å²) in [6.45, 7) is 5.71. The predicted molar refractivity (Wildman–Crippen MR) is 77.5 cm³/mol. The molecule has 0 aliphatic carbocycles. The smallest absolute Gasteiger partial charge is 0.324 e. The van der Waals surface area contributed by atoms with Gasteiger partial charge in [-0.05, 0) is 26.0 Å². The van der Waals surface area contributed by atoms with Crippen molar-refractivity contribution in [3.05, 3.63) is 0 Å². The highest BCUT2D eigenvalue weighted by Gasteiger charge is 2.24. The third-order valence-electron chi connectivity index (χ3n) is 2.57. The number of carboxylic acids is 1. The molecule has 0 bridgehead atoms. The van der Waals surface area contributed by atoms with Crippen molar-refractivity contribution in [2.45, 2.75) is 52.1 Å². The Bertz CT molecular complexity index is 273. The van der Waals surface area contributed by atoms with E-state index in [9.17, 15) is 9.59 Å². The molecule has 5 nitrogen and oxygen atoms in total. The standard InChI is InChI=1S/C13H25NO4S/c1-4-6-7-8-19-9-11(13(17)18-5-2)14-10(3)12(15)16/h10-11,14H,4-9H2,1-3H3,(H,15,16)/t10?,11-/m0/s1. The molecule has 0 aliphatic heterocycles. The molecule has 0 saturated carbocycles. The molecule has 0 rings (SSSR count). The van der Waals surface area contributed by atoms with Gasteiger partial charge in [-0.2, -0.15) is 11.8 Å². The minimum atomic E-state index is -0.967. The Balaban J connectivity index is 4.18. The normalized spacial score (nSPS) is 13.8. The van der Waals surface area contributed by atoms with Crippen LogP contribution in [0.15, 0.2) is 0 Å². The summed E-state index contributed by atoms with van der Waals surface area (Å²) in [5.74, 6) is 0.177. The van der Waals surface area contributed by atoms with E-state index >= 15 is 0 Å². The quantitative estimate of drug-likeness (QED) is 0.447. The van der Waals surface area contributed by atoms with Gasteiger partial charge >= 0.3 is 11.9 Å². The Hall–Kier alpha value is -0.750. The lowest BCUT2D eigenvalue weighted by molar-refractivity contribution is -0.146. The molecule has 0 saturated heterocycles. The van der Waals surface area contributed by atoms with Gasteiger partial charge < -0.3 is 9.84 Å². The SMILES string of the molecule is CCCCCSC[C@H](NC(C)C(=O)O)C(=O)OCC. The zero-order valence-corrected chi connectivity index (χ0v) is 12.8. The van der Waals surface area contributed by atoms with Crippen LogP contribution in [-0.4, -0.2) is 47.2 Å². The minimum absolute atomic E-state index is 0.305. The molecule has 0 spiro atoms. The first-order valence-corrected chi connectivity index (χ1v) is 7.91. The first-order chi connectivity index (χ1) is 9.02. The Kier molecular flexibility index (Phi) is 10.7. The second kappa shape index (κ2) is 11.1. The Morgan fingerprint density at radius 1 is 1.32 bits per heavy atom. The molecule has 0 aromatic heterocycles. The lowest BCUT2D eigenvalue weighted by Crippen LogP contribution is -2.47. The van der Waals surface area contributed by atoms with Crippen molar-refractivity contribution in [1.29, 1.82) is 0 Å². The van der Waals surface area contributed by atoms with Gasteiger partial charge in [-0.3, -0.25) is 14.9 Å². The molecule has 0 aliphatic rings. The molecule has 0 aromatic carbocycles. The van der Waals surface area contributed by atoms with E-state index < -0.39 is 18.1 Å². The topological polar surface area (TPSA) is 75.6 Å². The fraction of sp³-hybridized carbons (Fsp3) is 0.846. The fourth-order valence-electron chi connectivity index (χ4n) is 1.46. The molecule has 0 radical (unpaired) electrons. The molecule has 112 valence electrons. The van der Waals surface area contributed by atoms with E-state index in [4.69, 9.17) is 9.84 Å². The maximum atomic E-state index is 11.7. The second-order valence-corrected chi connectivity index (χ2v) is 5.46. The molecular formula is C13H25NO4S. The lowest BCUT2D eigenvalue weighted by atomic mass is 10.2. The van der Waals surface area contributed by atoms with Gasteiger partial charge in [0.25, 0.3) is 0 Å². The zero-order valence-electron chi connectivity index (χ0n) is 12.0. The number of thioether (sulfide) groups is 1. The maximum absolute atomic E-state index is 11.7. The van der Waals surface area contributed by atoms with Crippen LogP contribution in [0.5, 0.6) is 0 Å². The highest BCUT2D eigenvalue weighted by molar-refractivity contribution is 7.99. The number of carbonyl (C=O) groups excluding carboxylic acids is 1. The summed E-state index contributed by atoms with van der Waals surface area (Å²) in [6, 6.07) is -1.32. The maximum Gasteiger partial charge on any atom is 0.324 e. The van der Waals surface area contributed by atoms with Gasteiger partial charge in [-0.15, -0.1) is 0 Å². The minimum Gasteiger partial charge on any atom is -0.480 e. The second-order valence-electron chi connectivity index (χ2n) is 4.31. The van der Waals surface area contributed by atoms with Crippen molar-refractivity contribution >= 4 is 23.7 Å². The molecule has 0 amide bonds. The van der Waals surface area contributed by atoms with Crippen molar-refractivity contribution in [2.24, 2.45) is 0 Å². The van der Waals surface area contributed by atoms with Gasteiger partial charge in [0, 0.05) is 5.75 Å². The number of unbranched alkanes of at least 4 members (excludes halogenated alkanes) is 2. The first kappa shape index (κ1) is 18.2. The van der Waals surface area contributed by atoms with E-state index in [2.05, 4.69) is 12.2 Å². The molecular weight excluding hydrogens is 266 g/mol. The number of esters is 1. The number of hydrogen-bond donors (Lipinski definition) is 2. The van der Waals surface area contributed by atoms with Gasteiger partial charge in [0.2, 0.25) is 0 Å². The molecule has 0 fully saturated rings. The lowest BCUT2D eigenvalue weighted by Gasteiger charge is -2.19. The molecule has 2 N–H and O–H groups in total. The van der Waals surface area contributed by atoms with Crippen molar-refractivity contribution in [1.82, 2.24) is 5.32 Å². The van der Waals surface area contributed by atoms with E-state index in [0.29, 0.717) is 12.4 Å². The molecule has 2 atom stereocenters. The van der Waals surface area contributed by atoms with E-state index in [-0.39, 0.29) is 5.97 Å². The first-order valence-electron chi connectivity index (χ1n) is 6.76. The van der Waals surface area contributed by atoms with Gasteiger partial charge in [-0.25, -0.2) is 0 Å². The number of hydrogen-bond acceptors (Lipinski definition) is 5. The van der Waals surface area contributed by atoms with Crippen LogP contribution < -0.4 is 5.32 Å². The Morgan fingerprint density at radius 3 is 2.53 bits per heavy atom. The largest absolute Gasteiger partial charge is 0.480 e. The number of carboxylic acid groups (broad SMARTS) is 1. The Morgan fingerprint density at radius 2 is 2.00 bits per heavy atom. The van der Waals surface area contributed by atoms with Crippen molar-refractivity contribution in [2.75, 3.05) is 18.1 Å². The zero-order chi connectivity index (χ0) is 14.7. The van der Waals surface area contributed by atoms with Crippen LogP contribution in [0.4, 0.5) is 0 Å². The van der Waals surface area contributed by atoms with Gasteiger partial charge in [0.15, 0.2) is 0 Å². The number of carbonyl (C=O) groups is 2. The van der Waals surface area contributed by atoms with Crippen molar-refractivity contribution in [3.63, 3.8) is 0 Å². The van der Waals surface area contributed by atoms with E-state index in [1.165, 1.54) is 13.3 Å². The van der Waals surface area contributed by atoms with Crippen LogP contribution in [0.2, 0.25) is 0 Å². The van der Waals surface area contributed by atoms with Gasteiger partial charge in [0.1, 0.15) is 12.1 Å². The molecule has 19 heavy (non-hydrogen) atoms. The summed E-state index contributed by atoms with van der Waals surface area (Å²) in [6.07, 6.45) is 3.46. The molecule has 0 heterocycles. The summed E-state index contributed by atoms with van der Waals surface area (Å²) in [4.78, 5) is 22.5. The highest BCUT2D eigenvalue weighted by Crippen LogP contribution is 2.09. The third kappa shape index (κ3) is 8.88. The summed E-state index contributed by atoms with van der Waals surface area (Å²) in [5.41, 5.74) is 0. The number of ether oxygens (including phenoxy) is 1. The summed E-state index contributed by atoms with van der Waals surface area (Å²) >= 11 is 1.65. The van der Waals surface area contributed by atoms with Gasteiger partial charge in [0.05, 0.1) is 6.61 Å². The van der Waals surface area contributed by atoms with Crippen LogP contribution in [0.1, 0.15) is 40.0 Å². The highest BCUT2D eigenvalue weighted by atomic mass is 32.2. The summed E-state index contributed by atoms with van der Waals surface area (Å²) < 4.78 is 4.96. The molecule has 0 aromatic rings. The average Bonchev–Trinajstić information content (AvgIpc) is 2.37. The van der Waals surface area contributed by atoms with E-state index in [1.54, 1.807) is 18.7 Å². The third-order valence-corrected chi connectivity index (χ3v) is 3.72. The van der Waals surface area contributed by atoms with Crippen LogP contribution >= 0.6 is 11.8 Å². The van der Waals surface area contributed by atoms with Crippen LogP contribution in [0.3, 0.4) is 0 Å². The van der Waals surface area contributed by atoms with E-state index in [0.717, 1.165) is 18.6 Å². The molecule has 1 unspecified atom stereocenters. The monoisotopic (exact) mass is 291 g/mol. The van der Waals surface area contributed by atoms with Crippen LogP contribution in [0, 0.1) is 0 Å². The number of nitrogens with one attached hydrogen (secondary N) is 1. The average molecular weight is 291 g/mol. The fourth-order valence-corrected chi connectivity index (χ4v) is 2.50. The summed E-state index contributed by atoms with van der Waals surface area (Å²) in [5, 5.41) is 11.7. The Labute approximate surface area is 119 Å². The summed E-state index contributed by atoms with van der Waals surface area (Å²) in [7, 11) is 0.